The minimum absolute atomic E-state index is 0.731. The summed E-state index contributed by atoms with van der Waals surface area (Å²) in [4.78, 5) is 8.82. The van der Waals surface area contributed by atoms with Gasteiger partial charge in [-0.3, -0.25) is 4.98 Å². The molecule has 0 fully saturated rings. The maximum atomic E-state index is 6.11. The zero-order valence-electron chi connectivity index (χ0n) is 10.5. The Morgan fingerprint density at radius 3 is 2.63 bits per heavy atom. The summed E-state index contributed by atoms with van der Waals surface area (Å²) in [5.41, 5.74) is 10.2. The molecule has 2 aromatic heterocycles. The largest absolute Gasteiger partial charge is 0.389 e. The van der Waals surface area contributed by atoms with Crippen molar-refractivity contribution in [2.24, 2.45) is 0 Å². The number of thiazole rings is 1. The highest BCUT2D eigenvalue weighted by molar-refractivity contribution is 7.19. The third kappa shape index (κ3) is 2.22. The third-order valence-corrected chi connectivity index (χ3v) is 3.90. The lowest BCUT2D eigenvalue weighted by atomic mass is 10.1. The first-order chi connectivity index (χ1) is 9.25. The number of hydrogen-bond acceptors (Lipinski definition) is 4. The zero-order chi connectivity index (χ0) is 13.2. The predicted molar refractivity (Wildman–Crippen MR) is 79.9 cm³/mol. The van der Waals surface area contributed by atoms with Crippen molar-refractivity contribution in [3.05, 3.63) is 54.4 Å². The quantitative estimate of drug-likeness (QED) is 0.769. The lowest BCUT2D eigenvalue weighted by Gasteiger charge is -2.01. The highest BCUT2D eigenvalue weighted by Crippen LogP contribution is 2.36. The molecule has 0 amide bonds. The normalized spacial score (nSPS) is 10.6. The fraction of sp³-hybridized carbons (Fsp3) is 0.0667. The van der Waals surface area contributed by atoms with Gasteiger partial charge >= 0.3 is 0 Å². The molecule has 0 spiro atoms. The van der Waals surface area contributed by atoms with Crippen LogP contribution >= 0.6 is 11.3 Å². The van der Waals surface area contributed by atoms with Crippen LogP contribution in [-0.4, -0.2) is 9.97 Å². The van der Waals surface area contributed by atoms with Crippen LogP contribution in [0, 0.1) is 6.92 Å². The van der Waals surface area contributed by atoms with Crippen LogP contribution in [0.2, 0.25) is 0 Å². The molecule has 0 saturated carbocycles. The van der Waals surface area contributed by atoms with E-state index in [2.05, 4.69) is 9.97 Å². The van der Waals surface area contributed by atoms with Gasteiger partial charge in [0.15, 0.2) is 0 Å². The standard InChI is InChI=1S/C15H13N3S/c1-10-7-8-17-9-12(10)13-14(16)19-15(18-13)11-5-3-2-4-6-11/h2-9H,16H2,1H3. The number of aryl methyl sites for hydroxylation is 1. The number of rotatable bonds is 2. The van der Waals surface area contributed by atoms with Crippen LogP contribution in [-0.2, 0) is 0 Å². The molecular formula is C15H13N3S. The van der Waals surface area contributed by atoms with Crippen molar-refractivity contribution in [2.45, 2.75) is 6.92 Å². The molecule has 0 aliphatic rings. The van der Waals surface area contributed by atoms with Gasteiger partial charge in [0.1, 0.15) is 15.7 Å². The van der Waals surface area contributed by atoms with E-state index in [1.165, 1.54) is 11.3 Å². The van der Waals surface area contributed by atoms with E-state index in [4.69, 9.17) is 5.73 Å². The number of hydrogen-bond donors (Lipinski definition) is 1. The van der Waals surface area contributed by atoms with Crippen molar-refractivity contribution >= 4 is 16.3 Å². The predicted octanol–water partition coefficient (Wildman–Crippen LogP) is 3.76. The first-order valence-electron chi connectivity index (χ1n) is 5.98. The smallest absolute Gasteiger partial charge is 0.126 e. The molecule has 4 heteroatoms. The van der Waals surface area contributed by atoms with Crippen LogP contribution < -0.4 is 5.73 Å². The molecule has 3 aromatic rings. The summed E-state index contributed by atoms with van der Waals surface area (Å²) in [5.74, 6) is 0. The molecule has 0 aliphatic heterocycles. The minimum atomic E-state index is 0.731. The fourth-order valence-electron chi connectivity index (χ4n) is 1.94. The van der Waals surface area contributed by atoms with Crippen LogP contribution in [0.15, 0.2) is 48.8 Å². The van der Waals surface area contributed by atoms with E-state index in [1.807, 2.05) is 49.5 Å². The number of benzene rings is 1. The number of pyridine rings is 1. The van der Waals surface area contributed by atoms with Crippen LogP contribution in [0.25, 0.3) is 21.8 Å². The van der Waals surface area contributed by atoms with Crippen LogP contribution in [0.3, 0.4) is 0 Å². The highest BCUT2D eigenvalue weighted by Gasteiger charge is 2.13. The first kappa shape index (κ1) is 11.9. The van der Waals surface area contributed by atoms with E-state index in [0.717, 1.165) is 32.4 Å². The molecule has 2 N–H and O–H groups in total. The van der Waals surface area contributed by atoms with Crippen molar-refractivity contribution in [1.29, 1.82) is 0 Å². The number of anilines is 1. The summed E-state index contributed by atoms with van der Waals surface area (Å²) in [5, 5.41) is 1.67. The maximum Gasteiger partial charge on any atom is 0.126 e. The summed E-state index contributed by atoms with van der Waals surface area (Å²) in [6, 6.07) is 12.0. The Bertz CT molecular complexity index is 704. The third-order valence-electron chi connectivity index (χ3n) is 2.97. The van der Waals surface area contributed by atoms with E-state index in [-0.39, 0.29) is 0 Å². The molecule has 0 atom stereocenters. The monoisotopic (exact) mass is 267 g/mol. The van der Waals surface area contributed by atoms with Gasteiger partial charge in [-0.15, -0.1) is 0 Å². The maximum absolute atomic E-state index is 6.11. The first-order valence-corrected chi connectivity index (χ1v) is 6.80. The van der Waals surface area contributed by atoms with E-state index in [9.17, 15) is 0 Å². The van der Waals surface area contributed by atoms with E-state index < -0.39 is 0 Å². The van der Waals surface area contributed by atoms with Gasteiger partial charge in [-0.1, -0.05) is 41.7 Å². The van der Waals surface area contributed by atoms with Crippen molar-refractivity contribution in [2.75, 3.05) is 5.73 Å². The van der Waals surface area contributed by atoms with Gasteiger partial charge in [-0.25, -0.2) is 4.98 Å². The number of aromatic nitrogens is 2. The Balaban J connectivity index is 2.11. The molecule has 0 bridgehead atoms. The lowest BCUT2D eigenvalue weighted by Crippen LogP contribution is -1.89. The molecule has 3 nitrogen and oxygen atoms in total. The molecule has 1 aromatic carbocycles. The summed E-state index contributed by atoms with van der Waals surface area (Å²) < 4.78 is 0. The topological polar surface area (TPSA) is 51.8 Å². The van der Waals surface area contributed by atoms with Gasteiger partial charge in [0.25, 0.3) is 0 Å². The van der Waals surface area contributed by atoms with Crippen molar-refractivity contribution < 1.29 is 0 Å². The van der Waals surface area contributed by atoms with Crippen LogP contribution in [0.5, 0.6) is 0 Å². The summed E-state index contributed by atoms with van der Waals surface area (Å²) >= 11 is 1.51. The van der Waals surface area contributed by atoms with E-state index in [0.29, 0.717) is 0 Å². The van der Waals surface area contributed by atoms with Crippen molar-refractivity contribution in [3.63, 3.8) is 0 Å². The van der Waals surface area contributed by atoms with Crippen molar-refractivity contribution in [1.82, 2.24) is 9.97 Å². The second-order valence-electron chi connectivity index (χ2n) is 4.29. The molecule has 0 saturated heterocycles. The Labute approximate surface area is 115 Å². The lowest BCUT2D eigenvalue weighted by molar-refractivity contribution is 1.27. The van der Waals surface area contributed by atoms with E-state index >= 15 is 0 Å². The highest BCUT2D eigenvalue weighted by atomic mass is 32.1. The van der Waals surface area contributed by atoms with Crippen molar-refractivity contribution in [3.8, 4) is 21.8 Å². The second-order valence-corrected chi connectivity index (χ2v) is 5.32. The van der Waals surface area contributed by atoms with Crippen LogP contribution in [0.1, 0.15) is 5.56 Å². The minimum Gasteiger partial charge on any atom is -0.389 e. The molecule has 0 radical (unpaired) electrons. The average Bonchev–Trinajstić information content (AvgIpc) is 2.82. The number of nitrogens with two attached hydrogens (primary N) is 1. The van der Waals surface area contributed by atoms with Gasteiger partial charge in [0.2, 0.25) is 0 Å². The number of nitrogens with zero attached hydrogens (tertiary/aromatic N) is 2. The molecule has 0 aliphatic carbocycles. The molecule has 3 rings (SSSR count). The SMILES string of the molecule is Cc1ccncc1-c1nc(-c2ccccc2)sc1N. The summed E-state index contributed by atoms with van der Waals surface area (Å²) in [6.07, 6.45) is 3.59. The summed E-state index contributed by atoms with van der Waals surface area (Å²) in [7, 11) is 0. The van der Waals surface area contributed by atoms with E-state index in [1.54, 1.807) is 6.20 Å². The van der Waals surface area contributed by atoms with Gasteiger partial charge in [-0.2, -0.15) is 0 Å². The van der Waals surface area contributed by atoms with Gasteiger partial charge in [-0.05, 0) is 18.6 Å². The Morgan fingerprint density at radius 1 is 1.11 bits per heavy atom. The summed E-state index contributed by atoms with van der Waals surface area (Å²) in [6.45, 7) is 2.04. The molecule has 19 heavy (non-hydrogen) atoms. The second kappa shape index (κ2) is 4.82. The van der Waals surface area contributed by atoms with Gasteiger partial charge in [0.05, 0.1) is 0 Å². The van der Waals surface area contributed by atoms with Gasteiger partial charge < -0.3 is 5.73 Å². The van der Waals surface area contributed by atoms with Crippen LogP contribution in [0.4, 0.5) is 5.00 Å². The molecule has 94 valence electrons. The Hall–Kier alpha value is -2.20. The Kier molecular flexibility index (Phi) is 3.01. The molecular weight excluding hydrogens is 254 g/mol. The van der Waals surface area contributed by atoms with Gasteiger partial charge in [0, 0.05) is 23.5 Å². The Morgan fingerprint density at radius 2 is 1.89 bits per heavy atom. The molecule has 0 unspecified atom stereocenters. The molecule has 2 heterocycles. The number of nitrogen functional groups attached to an aromatic ring is 1. The average molecular weight is 267 g/mol. The fourth-order valence-corrected chi connectivity index (χ4v) is 2.79. The zero-order valence-corrected chi connectivity index (χ0v) is 11.3.